The van der Waals surface area contributed by atoms with Gasteiger partial charge < -0.3 is 10.1 Å². The number of allylic oxidation sites excluding steroid dienone is 5. The topological polar surface area (TPSA) is 38.3 Å². The van der Waals surface area contributed by atoms with E-state index in [0.29, 0.717) is 0 Å². The molecule has 1 aliphatic carbocycles. The van der Waals surface area contributed by atoms with Crippen molar-refractivity contribution in [3.05, 3.63) is 65.8 Å². The Labute approximate surface area is 143 Å². The molecule has 0 bridgehead atoms. The molecule has 2 aliphatic heterocycles. The standard InChI is InChI=1S/C21H23NO2/c23-20(16-6-2-1-3-7-16)14-19-18-9-5-4-8-17(18)15-21(22-19)10-12-24-13-11-21/h1-6,8-9,14,16,22H,7,10-13,15H2/b19-14-. The molecular weight excluding hydrogens is 298 g/mol. The van der Waals surface area contributed by atoms with Crippen LogP contribution in [-0.2, 0) is 16.0 Å². The zero-order chi connectivity index (χ0) is 16.4. The Morgan fingerprint density at radius 3 is 2.83 bits per heavy atom. The molecule has 1 aromatic rings. The molecule has 0 aromatic heterocycles. The lowest BCUT2D eigenvalue weighted by Crippen LogP contribution is -2.52. The van der Waals surface area contributed by atoms with Crippen LogP contribution in [0.2, 0.25) is 0 Å². The van der Waals surface area contributed by atoms with Crippen molar-refractivity contribution in [3.8, 4) is 0 Å². The van der Waals surface area contributed by atoms with E-state index in [-0.39, 0.29) is 17.2 Å². The minimum Gasteiger partial charge on any atom is -0.381 e. The predicted molar refractivity (Wildman–Crippen MR) is 95.4 cm³/mol. The minimum absolute atomic E-state index is 0.0288. The minimum atomic E-state index is -0.0379. The number of carbonyl (C=O) groups excluding carboxylic acids is 1. The van der Waals surface area contributed by atoms with Crippen molar-refractivity contribution in [2.24, 2.45) is 5.92 Å². The van der Waals surface area contributed by atoms with E-state index in [1.807, 2.05) is 30.4 Å². The Morgan fingerprint density at radius 2 is 2.04 bits per heavy atom. The van der Waals surface area contributed by atoms with Crippen molar-refractivity contribution in [2.75, 3.05) is 13.2 Å². The number of carbonyl (C=O) groups is 1. The first kappa shape index (κ1) is 15.4. The quantitative estimate of drug-likeness (QED) is 0.848. The summed E-state index contributed by atoms with van der Waals surface area (Å²) in [5.41, 5.74) is 3.50. The second-order valence-electron chi connectivity index (χ2n) is 6.97. The molecule has 3 aliphatic rings. The lowest BCUT2D eigenvalue weighted by Gasteiger charge is -2.43. The largest absolute Gasteiger partial charge is 0.381 e. The highest BCUT2D eigenvalue weighted by atomic mass is 16.5. The van der Waals surface area contributed by atoms with Gasteiger partial charge in [-0.1, -0.05) is 48.6 Å². The molecule has 1 fully saturated rings. The van der Waals surface area contributed by atoms with Gasteiger partial charge in [0.15, 0.2) is 5.78 Å². The van der Waals surface area contributed by atoms with Crippen LogP contribution in [0, 0.1) is 5.92 Å². The highest BCUT2D eigenvalue weighted by Gasteiger charge is 2.37. The molecule has 0 radical (unpaired) electrons. The molecular formula is C21H23NO2. The Bertz CT molecular complexity index is 723. The molecule has 1 unspecified atom stereocenters. The maximum atomic E-state index is 12.7. The van der Waals surface area contributed by atoms with Crippen molar-refractivity contribution >= 4 is 11.5 Å². The Balaban J connectivity index is 1.67. The third-order valence-corrected chi connectivity index (χ3v) is 5.32. The van der Waals surface area contributed by atoms with E-state index < -0.39 is 0 Å². The van der Waals surface area contributed by atoms with Gasteiger partial charge in [-0.3, -0.25) is 4.79 Å². The highest BCUT2D eigenvalue weighted by Crippen LogP contribution is 2.35. The number of hydrogen-bond donors (Lipinski definition) is 1. The maximum Gasteiger partial charge on any atom is 0.164 e. The van der Waals surface area contributed by atoms with Crippen LogP contribution in [0.25, 0.3) is 5.70 Å². The fourth-order valence-electron chi connectivity index (χ4n) is 3.92. The van der Waals surface area contributed by atoms with Crippen molar-refractivity contribution in [3.63, 3.8) is 0 Å². The summed E-state index contributed by atoms with van der Waals surface area (Å²) in [6, 6.07) is 8.44. The monoisotopic (exact) mass is 321 g/mol. The SMILES string of the molecule is O=C(/C=C1\NC2(CCOCC2)Cc2ccccc21)C1C=CC=CC1. The number of ketones is 1. The highest BCUT2D eigenvalue weighted by molar-refractivity contribution is 5.99. The second-order valence-corrected chi connectivity index (χ2v) is 6.97. The molecule has 4 rings (SSSR count). The molecule has 1 N–H and O–H groups in total. The van der Waals surface area contributed by atoms with Crippen LogP contribution in [0.4, 0.5) is 0 Å². The number of hydrogen-bond acceptors (Lipinski definition) is 3. The lowest BCUT2D eigenvalue weighted by atomic mass is 9.78. The van der Waals surface area contributed by atoms with Crippen molar-refractivity contribution < 1.29 is 9.53 Å². The fraction of sp³-hybridized carbons (Fsp3) is 0.381. The smallest absolute Gasteiger partial charge is 0.164 e. The summed E-state index contributed by atoms with van der Waals surface area (Å²) in [5, 5.41) is 3.71. The van der Waals surface area contributed by atoms with Crippen molar-refractivity contribution in [1.29, 1.82) is 0 Å². The van der Waals surface area contributed by atoms with Gasteiger partial charge in [0.05, 0.1) is 0 Å². The van der Waals surface area contributed by atoms with E-state index in [4.69, 9.17) is 4.74 Å². The molecule has 3 nitrogen and oxygen atoms in total. The van der Waals surface area contributed by atoms with Crippen molar-refractivity contribution in [1.82, 2.24) is 5.32 Å². The first-order valence-electron chi connectivity index (χ1n) is 8.79. The first-order chi connectivity index (χ1) is 11.8. The zero-order valence-corrected chi connectivity index (χ0v) is 13.8. The number of ether oxygens (including phenoxy) is 1. The number of fused-ring (bicyclic) bond motifs is 1. The molecule has 0 saturated carbocycles. The summed E-state index contributed by atoms with van der Waals surface area (Å²) in [6.45, 7) is 1.57. The summed E-state index contributed by atoms with van der Waals surface area (Å²) in [6.07, 6.45) is 13.6. The number of nitrogens with one attached hydrogen (secondary N) is 1. The zero-order valence-electron chi connectivity index (χ0n) is 13.8. The first-order valence-corrected chi connectivity index (χ1v) is 8.79. The van der Waals surface area contributed by atoms with Crippen LogP contribution in [-0.4, -0.2) is 24.5 Å². The summed E-state index contributed by atoms with van der Waals surface area (Å²) < 4.78 is 5.55. The predicted octanol–water partition coefficient (Wildman–Crippen LogP) is 3.42. The molecule has 1 saturated heterocycles. The number of rotatable bonds is 2. The van der Waals surface area contributed by atoms with Gasteiger partial charge in [-0.2, -0.15) is 0 Å². The molecule has 124 valence electrons. The molecule has 2 heterocycles. The molecule has 1 spiro atoms. The molecule has 3 heteroatoms. The van der Waals surface area contributed by atoms with Crippen LogP contribution in [0.3, 0.4) is 0 Å². The third kappa shape index (κ3) is 2.96. The Kier molecular flexibility index (Phi) is 4.11. The van der Waals surface area contributed by atoms with Gasteiger partial charge in [-0.25, -0.2) is 0 Å². The Morgan fingerprint density at radius 1 is 1.21 bits per heavy atom. The van der Waals surface area contributed by atoms with Crippen LogP contribution in [0.15, 0.2) is 54.6 Å². The average Bonchev–Trinajstić information content (AvgIpc) is 2.63. The van der Waals surface area contributed by atoms with Crippen LogP contribution < -0.4 is 5.32 Å². The summed E-state index contributed by atoms with van der Waals surface area (Å²) >= 11 is 0. The molecule has 0 amide bonds. The molecule has 24 heavy (non-hydrogen) atoms. The average molecular weight is 321 g/mol. The van der Waals surface area contributed by atoms with E-state index in [2.05, 4.69) is 29.6 Å². The van der Waals surface area contributed by atoms with Gasteiger partial charge in [-0.05, 0) is 31.2 Å². The van der Waals surface area contributed by atoms with Crippen LogP contribution >= 0.6 is 0 Å². The van der Waals surface area contributed by atoms with Crippen molar-refractivity contribution in [2.45, 2.75) is 31.2 Å². The maximum absolute atomic E-state index is 12.7. The van der Waals surface area contributed by atoms with Gasteiger partial charge in [0.1, 0.15) is 0 Å². The van der Waals surface area contributed by atoms with E-state index in [0.717, 1.165) is 44.6 Å². The van der Waals surface area contributed by atoms with Crippen LogP contribution in [0.1, 0.15) is 30.4 Å². The summed E-state index contributed by atoms with van der Waals surface area (Å²) in [4.78, 5) is 12.7. The van der Waals surface area contributed by atoms with E-state index >= 15 is 0 Å². The van der Waals surface area contributed by atoms with E-state index in [9.17, 15) is 4.79 Å². The summed E-state index contributed by atoms with van der Waals surface area (Å²) in [7, 11) is 0. The van der Waals surface area contributed by atoms with Gasteiger partial charge >= 0.3 is 0 Å². The number of benzene rings is 1. The Hall–Kier alpha value is -2.13. The third-order valence-electron chi connectivity index (χ3n) is 5.32. The van der Waals surface area contributed by atoms with Gasteiger partial charge in [0.2, 0.25) is 0 Å². The van der Waals surface area contributed by atoms with E-state index in [1.54, 1.807) is 0 Å². The van der Waals surface area contributed by atoms with Gasteiger partial charge in [-0.15, -0.1) is 0 Å². The molecule has 1 atom stereocenters. The summed E-state index contributed by atoms with van der Waals surface area (Å²) in [5.74, 6) is 0.140. The normalized spacial score (nSPS) is 26.2. The second kappa shape index (κ2) is 6.40. The molecule has 1 aromatic carbocycles. The fourth-order valence-corrected chi connectivity index (χ4v) is 3.92. The lowest BCUT2D eigenvalue weighted by molar-refractivity contribution is -0.116. The van der Waals surface area contributed by atoms with Gasteiger partial charge in [0.25, 0.3) is 0 Å². The van der Waals surface area contributed by atoms with Gasteiger partial charge in [0, 0.05) is 42.0 Å². The van der Waals surface area contributed by atoms with Crippen LogP contribution in [0.5, 0.6) is 0 Å². The van der Waals surface area contributed by atoms with E-state index in [1.165, 1.54) is 11.1 Å².